The predicted molar refractivity (Wildman–Crippen MR) is 79.5 cm³/mol. The minimum atomic E-state index is 0.341. The fourth-order valence-electron chi connectivity index (χ4n) is 2.38. The summed E-state index contributed by atoms with van der Waals surface area (Å²) in [5.74, 6) is 1.04. The van der Waals surface area contributed by atoms with Crippen molar-refractivity contribution in [3.05, 3.63) is 42.2 Å². The van der Waals surface area contributed by atoms with Crippen molar-refractivity contribution in [3.8, 4) is 0 Å². The van der Waals surface area contributed by atoms with Gasteiger partial charge in [-0.25, -0.2) is 9.67 Å². The van der Waals surface area contributed by atoms with Crippen LogP contribution in [0.2, 0.25) is 0 Å². The van der Waals surface area contributed by atoms with Gasteiger partial charge >= 0.3 is 0 Å². The van der Waals surface area contributed by atoms with E-state index in [9.17, 15) is 0 Å². The summed E-state index contributed by atoms with van der Waals surface area (Å²) in [6, 6.07) is 4.79. The van der Waals surface area contributed by atoms with Crippen LogP contribution in [0.3, 0.4) is 0 Å². The zero-order chi connectivity index (χ0) is 14.4. The van der Waals surface area contributed by atoms with Gasteiger partial charge in [0.1, 0.15) is 12.2 Å². The van der Waals surface area contributed by atoms with E-state index in [1.54, 1.807) is 12.5 Å². The topological polar surface area (TPSA) is 55.6 Å². The van der Waals surface area contributed by atoms with Gasteiger partial charge in [-0.05, 0) is 38.4 Å². The van der Waals surface area contributed by atoms with Gasteiger partial charge < -0.3 is 5.32 Å². The van der Waals surface area contributed by atoms with Gasteiger partial charge in [-0.15, -0.1) is 0 Å². The van der Waals surface area contributed by atoms with Crippen molar-refractivity contribution < 1.29 is 0 Å². The lowest BCUT2D eigenvalue weighted by Crippen LogP contribution is -2.34. The van der Waals surface area contributed by atoms with Gasteiger partial charge in [0.05, 0.1) is 0 Å². The second-order valence-electron chi connectivity index (χ2n) is 5.24. The van der Waals surface area contributed by atoms with Crippen LogP contribution >= 0.6 is 0 Å². The molecule has 0 aliphatic rings. The van der Waals surface area contributed by atoms with Gasteiger partial charge in [0.2, 0.25) is 0 Å². The molecule has 108 valence electrons. The summed E-state index contributed by atoms with van der Waals surface area (Å²) in [6.07, 6.45) is 7.20. The summed E-state index contributed by atoms with van der Waals surface area (Å²) in [5, 5.41) is 7.83. The quantitative estimate of drug-likeness (QED) is 0.838. The molecule has 1 atom stereocenters. The van der Waals surface area contributed by atoms with Gasteiger partial charge in [-0.2, -0.15) is 5.10 Å². The van der Waals surface area contributed by atoms with E-state index in [4.69, 9.17) is 0 Å². The summed E-state index contributed by atoms with van der Waals surface area (Å²) in [5.41, 5.74) is 1.24. The van der Waals surface area contributed by atoms with Crippen LogP contribution in [-0.2, 0) is 12.8 Å². The maximum absolute atomic E-state index is 4.40. The van der Waals surface area contributed by atoms with E-state index in [2.05, 4.69) is 47.2 Å². The number of nitrogens with one attached hydrogen (secondary N) is 1. The summed E-state index contributed by atoms with van der Waals surface area (Å²) < 4.78 is 1.99. The van der Waals surface area contributed by atoms with Crippen molar-refractivity contribution in [2.75, 3.05) is 6.54 Å². The Bertz CT molecular complexity index is 506. The Balaban J connectivity index is 2.07. The van der Waals surface area contributed by atoms with E-state index < -0.39 is 0 Å². The zero-order valence-electron chi connectivity index (χ0n) is 12.5. The molecule has 0 aliphatic heterocycles. The highest BCUT2D eigenvalue weighted by Gasteiger charge is 2.15. The maximum Gasteiger partial charge on any atom is 0.138 e. The minimum absolute atomic E-state index is 0.341. The fourth-order valence-corrected chi connectivity index (χ4v) is 2.38. The van der Waals surface area contributed by atoms with E-state index in [0.717, 1.165) is 25.2 Å². The molecular formula is C15H23N5. The number of aromatic nitrogens is 4. The molecule has 0 saturated carbocycles. The van der Waals surface area contributed by atoms with E-state index in [1.165, 1.54) is 5.56 Å². The van der Waals surface area contributed by atoms with Crippen LogP contribution in [0.4, 0.5) is 0 Å². The Morgan fingerprint density at radius 2 is 2.15 bits per heavy atom. The number of nitrogens with zero attached hydrogens (tertiary/aromatic N) is 4. The SMILES string of the molecule is CCNC(Cc1cccnc1)Cc1ncnn1C(C)C. The molecule has 2 rings (SSSR count). The first kappa shape index (κ1) is 14.7. The first-order valence-corrected chi connectivity index (χ1v) is 7.21. The molecule has 0 amide bonds. The lowest BCUT2D eigenvalue weighted by Gasteiger charge is -2.18. The molecule has 20 heavy (non-hydrogen) atoms. The summed E-state index contributed by atoms with van der Waals surface area (Å²) >= 11 is 0. The molecule has 5 heteroatoms. The van der Waals surface area contributed by atoms with Crippen molar-refractivity contribution >= 4 is 0 Å². The van der Waals surface area contributed by atoms with E-state index >= 15 is 0 Å². The Kier molecular flexibility index (Phi) is 5.24. The third-order valence-electron chi connectivity index (χ3n) is 3.26. The average molecular weight is 273 g/mol. The maximum atomic E-state index is 4.40. The summed E-state index contributed by atoms with van der Waals surface area (Å²) in [4.78, 5) is 8.58. The molecule has 1 unspecified atom stereocenters. The number of pyridine rings is 1. The van der Waals surface area contributed by atoms with Gasteiger partial charge in [-0.1, -0.05) is 13.0 Å². The molecule has 0 fully saturated rings. The number of likely N-dealkylation sites (N-methyl/N-ethyl adjacent to an activating group) is 1. The molecular weight excluding hydrogens is 250 g/mol. The van der Waals surface area contributed by atoms with Gasteiger partial charge in [0.15, 0.2) is 0 Å². The predicted octanol–water partition coefficient (Wildman–Crippen LogP) is 2.02. The number of rotatable bonds is 7. The monoisotopic (exact) mass is 273 g/mol. The normalized spacial score (nSPS) is 12.8. The van der Waals surface area contributed by atoms with Gasteiger partial charge in [-0.3, -0.25) is 4.98 Å². The highest BCUT2D eigenvalue weighted by atomic mass is 15.3. The second kappa shape index (κ2) is 7.14. The fraction of sp³-hybridized carbons (Fsp3) is 0.533. The van der Waals surface area contributed by atoms with Crippen molar-refractivity contribution in [1.82, 2.24) is 25.1 Å². The highest BCUT2D eigenvalue weighted by molar-refractivity contribution is 5.11. The molecule has 0 bridgehead atoms. The van der Waals surface area contributed by atoms with Crippen LogP contribution in [0.5, 0.6) is 0 Å². The molecule has 1 N–H and O–H groups in total. The van der Waals surface area contributed by atoms with Crippen molar-refractivity contribution in [2.24, 2.45) is 0 Å². The molecule has 2 aromatic rings. The smallest absolute Gasteiger partial charge is 0.138 e. The standard InChI is InChI=1S/C15H23N5/c1-4-17-14(8-13-6-5-7-16-10-13)9-15-18-11-19-20(15)12(2)3/h5-7,10-12,14,17H,4,8-9H2,1-3H3. The molecule has 2 aromatic heterocycles. The molecule has 2 heterocycles. The van der Waals surface area contributed by atoms with Crippen LogP contribution in [0, 0.1) is 0 Å². The first-order chi connectivity index (χ1) is 9.70. The summed E-state index contributed by atoms with van der Waals surface area (Å²) in [6.45, 7) is 7.33. The number of hydrogen-bond donors (Lipinski definition) is 1. The van der Waals surface area contributed by atoms with Gasteiger partial charge in [0, 0.05) is 30.9 Å². The van der Waals surface area contributed by atoms with E-state index in [0.29, 0.717) is 12.1 Å². The Morgan fingerprint density at radius 1 is 1.30 bits per heavy atom. The van der Waals surface area contributed by atoms with Crippen LogP contribution in [0.1, 0.15) is 38.2 Å². The van der Waals surface area contributed by atoms with Crippen LogP contribution < -0.4 is 5.32 Å². The average Bonchev–Trinajstić information content (AvgIpc) is 2.88. The third-order valence-corrected chi connectivity index (χ3v) is 3.26. The number of hydrogen-bond acceptors (Lipinski definition) is 4. The summed E-state index contributed by atoms with van der Waals surface area (Å²) in [7, 11) is 0. The minimum Gasteiger partial charge on any atom is -0.313 e. The Morgan fingerprint density at radius 3 is 2.80 bits per heavy atom. The molecule has 0 spiro atoms. The van der Waals surface area contributed by atoms with Crippen molar-refractivity contribution in [1.29, 1.82) is 0 Å². The van der Waals surface area contributed by atoms with Gasteiger partial charge in [0.25, 0.3) is 0 Å². The first-order valence-electron chi connectivity index (χ1n) is 7.21. The lowest BCUT2D eigenvalue weighted by atomic mass is 10.0. The largest absolute Gasteiger partial charge is 0.313 e. The second-order valence-corrected chi connectivity index (χ2v) is 5.24. The van der Waals surface area contributed by atoms with Crippen molar-refractivity contribution in [2.45, 2.75) is 45.7 Å². The van der Waals surface area contributed by atoms with Crippen LogP contribution in [0.15, 0.2) is 30.9 Å². The lowest BCUT2D eigenvalue weighted by molar-refractivity contribution is 0.459. The molecule has 5 nitrogen and oxygen atoms in total. The van der Waals surface area contributed by atoms with E-state index in [-0.39, 0.29) is 0 Å². The molecule has 0 aromatic carbocycles. The van der Waals surface area contributed by atoms with Crippen LogP contribution in [0.25, 0.3) is 0 Å². The molecule has 0 saturated heterocycles. The Hall–Kier alpha value is -1.75. The molecule has 0 radical (unpaired) electrons. The van der Waals surface area contributed by atoms with Crippen molar-refractivity contribution in [3.63, 3.8) is 0 Å². The van der Waals surface area contributed by atoms with Crippen LogP contribution in [-0.4, -0.2) is 32.3 Å². The zero-order valence-corrected chi connectivity index (χ0v) is 12.5. The third kappa shape index (κ3) is 3.87. The van der Waals surface area contributed by atoms with E-state index in [1.807, 2.05) is 16.9 Å². The Labute approximate surface area is 120 Å². The highest BCUT2D eigenvalue weighted by Crippen LogP contribution is 2.10. The molecule has 0 aliphatic carbocycles.